The Bertz CT molecular complexity index is 696. The molecule has 0 saturated carbocycles. The Morgan fingerprint density at radius 3 is 2.89 bits per heavy atom. The lowest BCUT2D eigenvalue weighted by molar-refractivity contribution is 0.561. The number of aryl methyl sites for hydroxylation is 2. The molecule has 0 saturated heterocycles. The third-order valence-electron chi connectivity index (χ3n) is 3.25. The van der Waals surface area contributed by atoms with Crippen molar-refractivity contribution in [1.82, 2.24) is 19.3 Å². The van der Waals surface area contributed by atoms with E-state index in [1.165, 1.54) is 0 Å². The predicted octanol–water partition coefficient (Wildman–Crippen LogP) is 2.71. The number of nitrogens with zero attached hydrogens (tertiary/aromatic N) is 4. The van der Waals surface area contributed by atoms with Gasteiger partial charge in [0.2, 0.25) is 0 Å². The van der Waals surface area contributed by atoms with Gasteiger partial charge in [0.1, 0.15) is 11.3 Å². The zero-order valence-corrected chi connectivity index (χ0v) is 11.7. The molecule has 0 radical (unpaired) electrons. The molecule has 3 aromatic rings. The molecule has 0 unspecified atom stereocenters. The summed E-state index contributed by atoms with van der Waals surface area (Å²) in [5.41, 5.74) is 4.05. The zero-order valence-electron chi connectivity index (χ0n) is 10.9. The van der Waals surface area contributed by atoms with Gasteiger partial charge in [-0.1, -0.05) is 6.92 Å². The average Bonchev–Trinajstić information content (AvgIpc) is 3.09. The summed E-state index contributed by atoms with van der Waals surface area (Å²) in [5, 5.41) is 4.50. The van der Waals surface area contributed by atoms with Crippen molar-refractivity contribution in [3.8, 4) is 0 Å². The van der Waals surface area contributed by atoms with Gasteiger partial charge in [-0.2, -0.15) is 5.10 Å². The largest absolute Gasteiger partial charge is 0.472 e. The van der Waals surface area contributed by atoms with Crippen molar-refractivity contribution >= 4 is 22.8 Å². The van der Waals surface area contributed by atoms with Crippen LogP contribution in [0.1, 0.15) is 24.0 Å². The highest BCUT2D eigenvalue weighted by Crippen LogP contribution is 2.22. The fourth-order valence-corrected chi connectivity index (χ4v) is 2.56. The summed E-state index contributed by atoms with van der Waals surface area (Å²) >= 11 is 6.01. The van der Waals surface area contributed by atoms with E-state index in [1.807, 2.05) is 17.8 Å². The van der Waals surface area contributed by atoms with Crippen molar-refractivity contribution in [2.24, 2.45) is 7.05 Å². The third-order valence-corrected chi connectivity index (χ3v) is 3.48. The summed E-state index contributed by atoms with van der Waals surface area (Å²) in [7, 11) is 1.94. The number of imidazole rings is 1. The molecule has 100 valence electrons. The Morgan fingerprint density at radius 1 is 1.42 bits per heavy atom. The Balaban J connectivity index is 2.17. The molecule has 0 spiro atoms. The van der Waals surface area contributed by atoms with Gasteiger partial charge in [0.05, 0.1) is 30.6 Å². The second-order valence-corrected chi connectivity index (χ2v) is 4.74. The van der Waals surface area contributed by atoms with E-state index < -0.39 is 0 Å². The number of halogens is 1. The molecule has 0 N–H and O–H groups in total. The van der Waals surface area contributed by atoms with E-state index in [-0.39, 0.29) is 0 Å². The van der Waals surface area contributed by atoms with E-state index >= 15 is 0 Å². The van der Waals surface area contributed by atoms with Crippen LogP contribution in [0.4, 0.5) is 0 Å². The summed E-state index contributed by atoms with van der Waals surface area (Å²) < 4.78 is 9.09. The van der Waals surface area contributed by atoms with Crippen molar-refractivity contribution in [3.63, 3.8) is 0 Å². The van der Waals surface area contributed by atoms with Crippen LogP contribution in [0.5, 0.6) is 0 Å². The second-order valence-electron chi connectivity index (χ2n) is 4.48. The number of aromatic nitrogens is 4. The number of fused-ring (bicyclic) bond motifs is 1. The fourth-order valence-electron chi connectivity index (χ4n) is 2.36. The van der Waals surface area contributed by atoms with E-state index in [9.17, 15) is 0 Å². The van der Waals surface area contributed by atoms with Gasteiger partial charge in [0.15, 0.2) is 5.65 Å². The van der Waals surface area contributed by atoms with Crippen molar-refractivity contribution in [2.45, 2.75) is 25.8 Å². The molecule has 0 aliphatic carbocycles. The molecule has 0 atom stereocenters. The molecule has 19 heavy (non-hydrogen) atoms. The summed E-state index contributed by atoms with van der Waals surface area (Å²) in [5.74, 6) is 1.25. The number of hydrogen-bond acceptors (Lipinski definition) is 3. The molecule has 0 aliphatic rings. The van der Waals surface area contributed by atoms with Gasteiger partial charge < -0.3 is 8.98 Å². The number of alkyl halides is 1. The molecule has 3 heterocycles. The first kappa shape index (κ1) is 12.3. The van der Waals surface area contributed by atoms with Gasteiger partial charge in [0.25, 0.3) is 0 Å². The first-order chi connectivity index (χ1) is 9.24. The minimum Gasteiger partial charge on any atom is -0.472 e. The summed E-state index contributed by atoms with van der Waals surface area (Å²) in [6, 6.07) is 1.95. The minimum atomic E-state index is 0.385. The van der Waals surface area contributed by atoms with Crippen LogP contribution in [-0.4, -0.2) is 19.3 Å². The van der Waals surface area contributed by atoms with Gasteiger partial charge in [0, 0.05) is 12.6 Å². The van der Waals surface area contributed by atoms with Gasteiger partial charge in [-0.25, -0.2) is 4.98 Å². The predicted molar refractivity (Wildman–Crippen MR) is 73.2 cm³/mol. The Morgan fingerprint density at radius 2 is 2.26 bits per heavy atom. The Hall–Kier alpha value is -1.75. The van der Waals surface area contributed by atoms with Crippen LogP contribution >= 0.6 is 11.6 Å². The monoisotopic (exact) mass is 278 g/mol. The van der Waals surface area contributed by atoms with Gasteiger partial charge in [-0.05, 0) is 12.5 Å². The third kappa shape index (κ3) is 1.94. The van der Waals surface area contributed by atoms with Crippen LogP contribution in [-0.2, 0) is 25.9 Å². The maximum absolute atomic E-state index is 6.01. The van der Waals surface area contributed by atoms with Gasteiger partial charge in [-0.3, -0.25) is 4.68 Å². The maximum Gasteiger partial charge on any atom is 0.159 e. The number of furan rings is 1. The van der Waals surface area contributed by atoms with E-state index in [2.05, 4.69) is 21.6 Å². The molecular formula is C13H15ClN4O. The molecule has 0 amide bonds. The normalized spacial score (nSPS) is 11.5. The molecule has 0 bridgehead atoms. The average molecular weight is 279 g/mol. The van der Waals surface area contributed by atoms with Crippen LogP contribution in [0.3, 0.4) is 0 Å². The number of rotatable bonds is 4. The van der Waals surface area contributed by atoms with Gasteiger partial charge >= 0.3 is 0 Å². The quantitative estimate of drug-likeness (QED) is 0.690. The zero-order chi connectivity index (χ0) is 13.4. The van der Waals surface area contributed by atoms with Gasteiger partial charge in [-0.15, -0.1) is 11.6 Å². The van der Waals surface area contributed by atoms with E-state index in [0.717, 1.165) is 34.7 Å². The smallest absolute Gasteiger partial charge is 0.159 e. The molecular weight excluding hydrogens is 264 g/mol. The van der Waals surface area contributed by atoms with Crippen LogP contribution < -0.4 is 0 Å². The lowest BCUT2D eigenvalue weighted by Crippen LogP contribution is -2.07. The minimum absolute atomic E-state index is 0.385. The molecule has 3 aromatic heterocycles. The highest BCUT2D eigenvalue weighted by atomic mass is 35.5. The highest BCUT2D eigenvalue weighted by Gasteiger charge is 2.18. The standard InChI is InChI=1S/C13H15ClN4O/c1-3-10-12-13(17(2)16-10)18(11(6-14)15-12)7-9-4-5-19-8-9/h4-5,8H,3,6-7H2,1-2H3. The lowest BCUT2D eigenvalue weighted by atomic mass is 10.3. The maximum atomic E-state index is 6.01. The summed E-state index contributed by atoms with van der Waals surface area (Å²) in [4.78, 5) is 4.62. The van der Waals surface area contributed by atoms with E-state index in [0.29, 0.717) is 12.4 Å². The van der Waals surface area contributed by atoms with Crippen molar-refractivity contribution in [3.05, 3.63) is 35.7 Å². The second kappa shape index (κ2) is 4.74. The van der Waals surface area contributed by atoms with Crippen LogP contribution in [0.15, 0.2) is 23.0 Å². The molecule has 0 fully saturated rings. The highest BCUT2D eigenvalue weighted by molar-refractivity contribution is 6.16. The van der Waals surface area contributed by atoms with Crippen molar-refractivity contribution in [2.75, 3.05) is 0 Å². The molecule has 0 aliphatic heterocycles. The molecule has 6 heteroatoms. The fraction of sp³-hybridized carbons (Fsp3) is 0.385. The van der Waals surface area contributed by atoms with Crippen LogP contribution in [0.2, 0.25) is 0 Å². The Kier molecular flexibility index (Phi) is 3.06. The molecule has 5 nitrogen and oxygen atoms in total. The summed E-state index contributed by atoms with van der Waals surface area (Å²) in [6.07, 6.45) is 4.27. The molecule has 0 aromatic carbocycles. The first-order valence-corrected chi connectivity index (χ1v) is 6.76. The summed E-state index contributed by atoms with van der Waals surface area (Å²) in [6.45, 7) is 2.77. The van der Waals surface area contributed by atoms with E-state index in [4.69, 9.17) is 16.0 Å². The van der Waals surface area contributed by atoms with Crippen molar-refractivity contribution in [1.29, 1.82) is 0 Å². The SMILES string of the molecule is CCc1nn(C)c2c1nc(CCl)n2Cc1ccoc1. The van der Waals surface area contributed by atoms with Crippen LogP contribution in [0, 0.1) is 0 Å². The van der Waals surface area contributed by atoms with Crippen LogP contribution in [0.25, 0.3) is 11.2 Å². The Labute approximate surface area is 115 Å². The molecule has 3 rings (SSSR count). The topological polar surface area (TPSA) is 48.8 Å². The van der Waals surface area contributed by atoms with Crippen molar-refractivity contribution < 1.29 is 4.42 Å². The number of hydrogen-bond donors (Lipinski definition) is 0. The lowest BCUT2D eigenvalue weighted by Gasteiger charge is -2.06. The van der Waals surface area contributed by atoms with E-state index in [1.54, 1.807) is 12.5 Å². The first-order valence-electron chi connectivity index (χ1n) is 6.22.